The molecular formula is C19H36O5. The van der Waals surface area contributed by atoms with Crippen molar-refractivity contribution >= 4 is 0 Å². The van der Waals surface area contributed by atoms with Crippen LogP contribution in [0.4, 0.5) is 0 Å². The van der Waals surface area contributed by atoms with E-state index in [2.05, 4.69) is 19.1 Å². The molecular weight excluding hydrogens is 308 g/mol. The van der Waals surface area contributed by atoms with Crippen molar-refractivity contribution in [3.63, 3.8) is 0 Å². The molecule has 5 nitrogen and oxygen atoms in total. The number of allylic oxidation sites excluding steroid dienone is 2. The van der Waals surface area contributed by atoms with Crippen LogP contribution >= 0.6 is 0 Å². The summed E-state index contributed by atoms with van der Waals surface area (Å²) in [5.41, 5.74) is 0. The van der Waals surface area contributed by atoms with Gasteiger partial charge < -0.3 is 24.8 Å². The van der Waals surface area contributed by atoms with Crippen LogP contribution in [0.1, 0.15) is 64.7 Å². The number of hydrogen-bond donors (Lipinski definition) is 3. The highest BCUT2D eigenvalue weighted by atomic mass is 16.6. The van der Waals surface area contributed by atoms with E-state index in [-0.39, 0.29) is 13.2 Å². The van der Waals surface area contributed by atoms with Gasteiger partial charge in [0.1, 0.15) is 24.4 Å². The topological polar surface area (TPSA) is 79.2 Å². The van der Waals surface area contributed by atoms with Gasteiger partial charge >= 0.3 is 0 Å². The smallest absolute Gasteiger partial charge is 0.114 e. The number of aliphatic hydroxyl groups is 3. The predicted octanol–water partition coefficient (Wildman–Crippen LogP) is 2.57. The minimum absolute atomic E-state index is 0.151. The second-order valence-corrected chi connectivity index (χ2v) is 6.62. The molecule has 0 aromatic carbocycles. The molecule has 24 heavy (non-hydrogen) atoms. The van der Waals surface area contributed by atoms with Crippen LogP contribution in [0.15, 0.2) is 12.2 Å². The average Bonchev–Trinajstić information content (AvgIpc) is 2.96. The summed E-state index contributed by atoms with van der Waals surface area (Å²) in [7, 11) is 0. The lowest BCUT2D eigenvalue weighted by molar-refractivity contribution is -0.0938. The summed E-state index contributed by atoms with van der Waals surface area (Å²) in [5, 5.41) is 28.5. The predicted molar refractivity (Wildman–Crippen MR) is 94.9 cm³/mol. The summed E-state index contributed by atoms with van der Waals surface area (Å²) < 4.78 is 11.0. The van der Waals surface area contributed by atoms with E-state index in [0.29, 0.717) is 6.61 Å². The molecule has 0 radical (unpaired) electrons. The summed E-state index contributed by atoms with van der Waals surface area (Å²) >= 11 is 0. The van der Waals surface area contributed by atoms with Gasteiger partial charge in [0.2, 0.25) is 0 Å². The normalized spacial score (nSPS) is 25.6. The van der Waals surface area contributed by atoms with Crippen LogP contribution in [0.5, 0.6) is 0 Å². The van der Waals surface area contributed by atoms with E-state index >= 15 is 0 Å². The van der Waals surface area contributed by atoms with Crippen LogP contribution < -0.4 is 0 Å². The SMILES string of the molecule is CCCC/C=C/CCCCCCCO[C@@H]1[C@H]([C@@H](O)CO)OC[C@H]1O. The molecule has 1 aliphatic rings. The third kappa shape index (κ3) is 8.58. The fourth-order valence-electron chi connectivity index (χ4n) is 2.93. The van der Waals surface area contributed by atoms with Crippen molar-refractivity contribution in [2.45, 2.75) is 89.1 Å². The first-order chi connectivity index (χ1) is 11.7. The van der Waals surface area contributed by atoms with Crippen LogP contribution in [0, 0.1) is 0 Å². The second kappa shape index (κ2) is 13.8. The third-order valence-corrected chi connectivity index (χ3v) is 4.45. The minimum Gasteiger partial charge on any atom is -0.394 e. The van der Waals surface area contributed by atoms with E-state index in [9.17, 15) is 10.2 Å². The van der Waals surface area contributed by atoms with Crippen molar-refractivity contribution in [1.82, 2.24) is 0 Å². The van der Waals surface area contributed by atoms with E-state index in [1.807, 2.05) is 0 Å². The number of rotatable bonds is 14. The number of aliphatic hydroxyl groups excluding tert-OH is 3. The number of ether oxygens (including phenoxy) is 2. The zero-order valence-corrected chi connectivity index (χ0v) is 15.1. The molecule has 1 aliphatic heterocycles. The van der Waals surface area contributed by atoms with Crippen LogP contribution in [-0.4, -0.2) is 59.6 Å². The van der Waals surface area contributed by atoms with Gasteiger partial charge in [-0.05, 0) is 25.7 Å². The molecule has 5 heteroatoms. The van der Waals surface area contributed by atoms with E-state index in [1.165, 1.54) is 44.9 Å². The van der Waals surface area contributed by atoms with Gasteiger partial charge in [-0.2, -0.15) is 0 Å². The Morgan fingerprint density at radius 1 is 1.08 bits per heavy atom. The van der Waals surface area contributed by atoms with Crippen molar-refractivity contribution in [2.75, 3.05) is 19.8 Å². The van der Waals surface area contributed by atoms with Crippen LogP contribution in [0.2, 0.25) is 0 Å². The fraction of sp³-hybridized carbons (Fsp3) is 0.895. The maximum atomic E-state index is 9.83. The lowest BCUT2D eigenvalue weighted by Gasteiger charge is -2.23. The molecule has 1 heterocycles. The minimum atomic E-state index is -1.00. The summed E-state index contributed by atoms with van der Waals surface area (Å²) in [6, 6.07) is 0. The molecule has 142 valence electrons. The lowest BCUT2D eigenvalue weighted by Crippen LogP contribution is -2.42. The highest BCUT2D eigenvalue weighted by molar-refractivity contribution is 4.89. The van der Waals surface area contributed by atoms with Gasteiger partial charge in [-0.15, -0.1) is 0 Å². The first-order valence-corrected chi connectivity index (χ1v) is 9.55. The molecule has 1 fully saturated rings. The van der Waals surface area contributed by atoms with Gasteiger partial charge in [0.25, 0.3) is 0 Å². The average molecular weight is 344 g/mol. The first kappa shape index (κ1) is 21.6. The molecule has 0 aliphatic carbocycles. The Bertz CT molecular complexity index is 321. The van der Waals surface area contributed by atoms with Crippen LogP contribution in [0.25, 0.3) is 0 Å². The van der Waals surface area contributed by atoms with E-state index in [0.717, 1.165) is 12.8 Å². The van der Waals surface area contributed by atoms with Gasteiger partial charge in [-0.1, -0.05) is 51.2 Å². The lowest BCUT2D eigenvalue weighted by atomic mass is 10.1. The maximum absolute atomic E-state index is 9.83. The second-order valence-electron chi connectivity index (χ2n) is 6.62. The highest BCUT2D eigenvalue weighted by Gasteiger charge is 2.40. The van der Waals surface area contributed by atoms with Gasteiger partial charge in [-0.25, -0.2) is 0 Å². The summed E-state index contributed by atoms with van der Waals surface area (Å²) in [5.74, 6) is 0. The van der Waals surface area contributed by atoms with Crippen LogP contribution in [0.3, 0.4) is 0 Å². The summed E-state index contributed by atoms with van der Waals surface area (Å²) in [4.78, 5) is 0. The maximum Gasteiger partial charge on any atom is 0.114 e. The zero-order chi connectivity index (χ0) is 17.6. The molecule has 0 unspecified atom stereocenters. The van der Waals surface area contributed by atoms with Crippen molar-refractivity contribution in [3.05, 3.63) is 12.2 Å². The Morgan fingerprint density at radius 3 is 2.46 bits per heavy atom. The van der Waals surface area contributed by atoms with Crippen molar-refractivity contribution in [1.29, 1.82) is 0 Å². The molecule has 0 bridgehead atoms. The molecule has 3 N–H and O–H groups in total. The first-order valence-electron chi connectivity index (χ1n) is 9.55. The van der Waals surface area contributed by atoms with E-state index in [1.54, 1.807) is 0 Å². The molecule has 0 amide bonds. The molecule has 4 atom stereocenters. The number of hydrogen-bond acceptors (Lipinski definition) is 5. The molecule has 1 rings (SSSR count). The van der Waals surface area contributed by atoms with Crippen LogP contribution in [-0.2, 0) is 9.47 Å². The van der Waals surface area contributed by atoms with Crippen molar-refractivity contribution < 1.29 is 24.8 Å². The zero-order valence-electron chi connectivity index (χ0n) is 15.1. The molecule has 0 spiro atoms. The largest absolute Gasteiger partial charge is 0.394 e. The Hall–Kier alpha value is -0.460. The standard InChI is InChI=1S/C19H36O5/c1-2-3-4-5-6-7-8-9-10-11-12-13-23-19-17(22)15-24-18(19)16(21)14-20/h5-6,16-22H,2-4,7-15H2,1H3/b6-5+/t16-,17+,18-,19-/m0/s1. The van der Waals surface area contributed by atoms with Gasteiger partial charge in [-0.3, -0.25) is 0 Å². The van der Waals surface area contributed by atoms with Crippen molar-refractivity contribution in [2.24, 2.45) is 0 Å². The molecule has 0 aromatic heterocycles. The number of unbranched alkanes of at least 4 members (excludes halogenated alkanes) is 7. The van der Waals surface area contributed by atoms with Gasteiger partial charge in [0.05, 0.1) is 13.2 Å². The Balaban J connectivity index is 1.98. The molecule has 0 aromatic rings. The molecule has 1 saturated heterocycles. The third-order valence-electron chi connectivity index (χ3n) is 4.45. The quantitative estimate of drug-likeness (QED) is 0.333. The summed E-state index contributed by atoms with van der Waals surface area (Å²) in [6.07, 6.45) is 12.3. The Labute approximate surface area is 146 Å². The molecule has 0 saturated carbocycles. The van der Waals surface area contributed by atoms with Crippen molar-refractivity contribution in [3.8, 4) is 0 Å². The monoisotopic (exact) mass is 344 g/mol. The van der Waals surface area contributed by atoms with Gasteiger partial charge in [0.15, 0.2) is 0 Å². The Kier molecular flexibility index (Phi) is 12.4. The Morgan fingerprint density at radius 2 is 1.75 bits per heavy atom. The summed E-state index contributed by atoms with van der Waals surface area (Å²) in [6.45, 7) is 2.53. The highest BCUT2D eigenvalue weighted by Crippen LogP contribution is 2.21. The van der Waals surface area contributed by atoms with E-state index in [4.69, 9.17) is 14.6 Å². The van der Waals surface area contributed by atoms with Gasteiger partial charge in [0, 0.05) is 6.61 Å². The fourth-order valence-corrected chi connectivity index (χ4v) is 2.93. The van der Waals surface area contributed by atoms with E-state index < -0.39 is 24.4 Å².